The summed E-state index contributed by atoms with van der Waals surface area (Å²) < 4.78 is 28.5. The number of fused-ring (bicyclic) bond motifs is 1. The molecule has 0 atom stereocenters. The van der Waals surface area contributed by atoms with Crippen LogP contribution >= 0.6 is 11.6 Å². The van der Waals surface area contributed by atoms with Crippen molar-refractivity contribution in [3.63, 3.8) is 0 Å². The second kappa shape index (κ2) is 8.27. The van der Waals surface area contributed by atoms with Gasteiger partial charge in [-0.2, -0.15) is 0 Å². The first-order valence-electron chi connectivity index (χ1n) is 9.47. The quantitative estimate of drug-likeness (QED) is 0.332. The zero-order valence-electron chi connectivity index (χ0n) is 16.8. The van der Waals surface area contributed by atoms with Gasteiger partial charge in [-0.1, -0.05) is 35.9 Å². The summed E-state index contributed by atoms with van der Waals surface area (Å²) in [6, 6.07) is 14.8. The van der Waals surface area contributed by atoms with E-state index in [1.165, 1.54) is 18.2 Å². The molecule has 10 heteroatoms. The fourth-order valence-electron chi connectivity index (χ4n) is 3.40. The zero-order chi connectivity index (χ0) is 23.0. The van der Waals surface area contributed by atoms with Crippen LogP contribution < -0.4 is 15.8 Å². The lowest BCUT2D eigenvalue weighted by Gasteiger charge is -2.13. The molecule has 1 aromatic heterocycles. The largest absolute Gasteiger partial charge is 0.392 e. The molecule has 0 unspecified atom stereocenters. The molecule has 0 amide bonds. The molecule has 0 aliphatic rings. The Labute approximate surface area is 187 Å². The SMILES string of the molecule is Cc1cc2[nH]c(=O)c(=O)[nH]c2cc1S(=O)(=O)Nc1ccc(-c2cccc(CO)c2)c(Cl)c1. The number of anilines is 1. The number of H-pyrrole nitrogens is 2. The predicted molar refractivity (Wildman–Crippen MR) is 124 cm³/mol. The molecule has 0 bridgehead atoms. The lowest BCUT2D eigenvalue weighted by atomic mass is 10.0. The van der Waals surface area contributed by atoms with E-state index in [1.807, 2.05) is 6.07 Å². The van der Waals surface area contributed by atoms with Crippen LogP contribution in [0.1, 0.15) is 11.1 Å². The van der Waals surface area contributed by atoms with Crippen molar-refractivity contribution in [3.05, 3.63) is 91.5 Å². The summed E-state index contributed by atoms with van der Waals surface area (Å²) in [5, 5.41) is 9.66. The van der Waals surface area contributed by atoms with Crippen LogP contribution in [0.4, 0.5) is 5.69 Å². The lowest BCUT2D eigenvalue weighted by molar-refractivity contribution is 0.282. The maximum atomic E-state index is 13.0. The Kier molecular flexibility index (Phi) is 5.64. The van der Waals surface area contributed by atoms with Crippen molar-refractivity contribution in [2.75, 3.05) is 4.72 Å². The fraction of sp³-hybridized carbons (Fsp3) is 0.0909. The molecule has 0 spiro atoms. The Balaban J connectivity index is 1.70. The molecule has 0 saturated carbocycles. The summed E-state index contributed by atoms with van der Waals surface area (Å²) in [6.45, 7) is 1.48. The first-order chi connectivity index (χ1) is 15.2. The molecule has 4 N–H and O–H groups in total. The minimum atomic E-state index is -4.02. The first-order valence-corrected chi connectivity index (χ1v) is 11.3. The molecule has 1 heterocycles. The summed E-state index contributed by atoms with van der Waals surface area (Å²) in [5.41, 5.74) is 1.68. The van der Waals surface area contributed by atoms with Crippen molar-refractivity contribution in [2.45, 2.75) is 18.4 Å². The number of benzene rings is 3. The van der Waals surface area contributed by atoms with E-state index in [4.69, 9.17) is 11.6 Å². The first kappa shape index (κ1) is 21.8. The molecule has 8 nitrogen and oxygen atoms in total. The third-order valence-electron chi connectivity index (χ3n) is 4.95. The van der Waals surface area contributed by atoms with Crippen LogP contribution in [0.3, 0.4) is 0 Å². The van der Waals surface area contributed by atoms with Gasteiger partial charge in [0, 0.05) is 5.56 Å². The van der Waals surface area contributed by atoms with E-state index < -0.39 is 21.1 Å². The molecule has 0 fully saturated rings. The number of hydrogen-bond acceptors (Lipinski definition) is 5. The number of aliphatic hydroxyl groups excluding tert-OH is 1. The summed E-state index contributed by atoms with van der Waals surface area (Å²) in [7, 11) is -4.02. The highest BCUT2D eigenvalue weighted by molar-refractivity contribution is 7.92. The normalized spacial score (nSPS) is 11.6. The maximum Gasteiger partial charge on any atom is 0.314 e. The van der Waals surface area contributed by atoms with Crippen molar-refractivity contribution in [1.29, 1.82) is 0 Å². The Morgan fingerprint density at radius 1 is 0.969 bits per heavy atom. The van der Waals surface area contributed by atoms with Crippen molar-refractivity contribution < 1.29 is 13.5 Å². The highest BCUT2D eigenvalue weighted by atomic mass is 35.5. The van der Waals surface area contributed by atoms with Gasteiger partial charge in [-0.25, -0.2) is 8.42 Å². The maximum absolute atomic E-state index is 13.0. The van der Waals surface area contributed by atoms with Gasteiger partial charge in [0.1, 0.15) is 0 Å². The number of aromatic nitrogens is 2. The Morgan fingerprint density at radius 2 is 1.66 bits per heavy atom. The minimum Gasteiger partial charge on any atom is -0.392 e. The Morgan fingerprint density at radius 3 is 2.31 bits per heavy atom. The van der Waals surface area contributed by atoms with Gasteiger partial charge >= 0.3 is 11.1 Å². The van der Waals surface area contributed by atoms with Gasteiger partial charge < -0.3 is 15.1 Å². The Hall–Kier alpha value is -3.40. The molecule has 164 valence electrons. The van der Waals surface area contributed by atoms with Crippen molar-refractivity contribution in [1.82, 2.24) is 9.97 Å². The predicted octanol–water partition coefficient (Wildman–Crippen LogP) is 3.14. The number of halogens is 1. The molecule has 0 saturated heterocycles. The second-order valence-corrected chi connectivity index (χ2v) is 9.29. The molecule has 3 aromatic carbocycles. The highest BCUT2D eigenvalue weighted by Gasteiger charge is 2.19. The topological polar surface area (TPSA) is 132 Å². The number of rotatable bonds is 5. The Bertz CT molecular complexity index is 1580. The van der Waals surface area contributed by atoms with E-state index >= 15 is 0 Å². The fourth-order valence-corrected chi connectivity index (χ4v) is 5.00. The molecule has 4 aromatic rings. The number of aromatic amines is 2. The summed E-state index contributed by atoms with van der Waals surface area (Å²) >= 11 is 6.41. The van der Waals surface area contributed by atoms with E-state index in [-0.39, 0.29) is 22.7 Å². The van der Waals surface area contributed by atoms with Gasteiger partial charge in [0.2, 0.25) is 0 Å². The number of hydrogen-bond donors (Lipinski definition) is 4. The summed E-state index contributed by atoms with van der Waals surface area (Å²) in [5.74, 6) is 0. The smallest absolute Gasteiger partial charge is 0.314 e. The van der Waals surface area contributed by atoms with E-state index in [0.717, 1.165) is 11.1 Å². The van der Waals surface area contributed by atoms with E-state index in [1.54, 1.807) is 37.3 Å². The third kappa shape index (κ3) is 4.18. The van der Waals surface area contributed by atoms with Gasteiger partial charge in [0.05, 0.1) is 33.2 Å². The second-order valence-electron chi connectivity index (χ2n) is 7.23. The molecule has 0 aliphatic carbocycles. The average molecular weight is 472 g/mol. The number of aryl methyl sites for hydroxylation is 1. The standard InChI is InChI=1S/C22H18ClN3O5S/c1-12-7-18-19(25-22(29)21(28)24-18)10-20(12)32(30,31)26-15-5-6-16(17(23)9-15)14-4-2-3-13(8-14)11-27/h2-10,26-27H,11H2,1H3,(H,24,28)(H,25,29). The summed E-state index contributed by atoms with van der Waals surface area (Å²) in [6.07, 6.45) is 0. The monoisotopic (exact) mass is 471 g/mol. The van der Waals surface area contributed by atoms with Crippen LogP contribution in [0, 0.1) is 6.92 Å². The van der Waals surface area contributed by atoms with Crippen molar-refractivity contribution in [3.8, 4) is 11.1 Å². The van der Waals surface area contributed by atoms with Gasteiger partial charge in [0.15, 0.2) is 0 Å². The molecule has 4 rings (SSSR count). The van der Waals surface area contributed by atoms with Crippen molar-refractivity contribution in [2.24, 2.45) is 0 Å². The van der Waals surface area contributed by atoms with Crippen LogP contribution in [0.2, 0.25) is 5.02 Å². The minimum absolute atomic E-state index is 0.0523. The van der Waals surface area contributed by atoms with Crippen LogP contribution in [0.15, 0.2) is 69.1 Å². The van der Waals surface area contributed by atoms with Crippen molar-refractivity contribution >= 4 is 38.3 Å². The number of nitrogens with one attached hydrogen (secondary N) is 3. The molecule has 0 aliphatic heterocycles. The average Bonchev–Trinajstić information content (AvgIpc) is 2.74. The van der Waals surface area contributed by atoms with Crippen LogP contribution in [0.25, 0.3) is 22.2 Å². The van der Waals surface area contributed by atoms with Crippen LogP contribution in [-0.2, 0) is 16.6 Å². The highest BCUT2D eigenvalue weighted by Crippen LogP contribution is 2.32. The van der Waals surface area contributed by atoms with E-state index in [9.17, 15) is 23.1 Å². The lowest BCUT2D eigenvalue weighted by Crippen LogP contribution is -2.29. The van der Waals surface area contributed by atoms with Gasteiger partial charge in [-0.3, -0.25) is 14.3 Å². The molecule has 0 radical (unpaired) electrons. The van der Waals surface area contributed by atoms with E-state index in [2.05, 4.69) is 14.7 Å². The van der Waals surface area contributed by atoms with Gasteiger partial charge in [-0.15, -0.1) is 0 Å². The number of sulfonamides is 1. The van der Waals surface area contributed by atoms with Crippen LogP contribution in [-0.4, -0.2) is 23.5 Å². The zero-order valence-corrected chi connectivity index (χ0v) is 18.3. The van der Waals surface area contributed by atoms with Gasteiger partial charge in [-0.05, 0) is 53.9 Å². The van der Waals surface area contributed by atoms with Gasteiger partial charge in [0.25, 0.3) is 10.0 Å². The molecular formula is C22H18ClN3O5S. The van der Waals surface area contributed by atoms with Crippen LogP contribution in [0.5, 0.6) is 0 Å². The summed E-state index contributed by atoms with van der Waals surface area (Å²) in [4.78, 5) is 27.9. The third-order valence-corrected chi connectivity index (χ3v) is 6.79. The number of aliphatic hydroxyl groups is 1. The molecule has 32 heavy (non-hydrogen) atoms. The molecular weight excluding hydrogens is 454 g/mol. The van der Waals surface area contributed by atoms with E-state index in [0.29, 0.717) is 21.7 Å².